The minimum atomic E-state index is -0.484. The highest BCUT2D eigenvalue weighted by Gasteiger charge is 2.20. The van der Waals surface area contributed by atoms with Crippen LogP contribution in [0.15, 0.2) is 23.5 Å². The van der Waals surface area contributed by atoms with E-state index in [4.69, 9.17) is 10.5 Å². The number of thioether (sulfide) groups is 1. The van der Waals surface area contributed by atoms with E-state index in [0.717, 1.165) is 11.8 Å². The average Bonchev–Trinajstić information content (AvgIpc) is 2.49. The zero-order valence-corrected chi connectivity index (χ0v) is 13.3. The van der Waals surface area contributed by atoms with Crippen LogP contribution in [0.25, 0.3) is 0 Å². The second-order valence-electron chi connectivity index (χ2n) is 4.52. The van der Waals surface area contributed by atoms with Crippen molar-refractivity contribution in [3.8, 4) is 5.75 Å². The molecule has 22 heavy (non-hydrogen) atoms. The number of carbonyl (C=O) groups is 1. The molecule has 0 saturated heterocycles. The van der Waals surface area contributed by atoms with Gasteiger partial charge in [-0.1, -0.05) is 18.7 Å². The summed E-state index contributed by atoms with van der Waals surface area (Å²) in [6.45, 7) is 3.56. The minimum absolute atomic E-state index is 0.0685. The Balaban J connectivity index is 2.46. The van der Waals surface area contributed by atoms with Crippen molar-refractivity contribution >= 4 is 23.4 Å². The van der Waals surface area contributed by atoms with Crippen LogP contribution in [0.5, 0.6) is 5.75 Å². The fourth-order valence-electron chi connectivity index (χ4n) is 1.90. The standard InChI is InChI=1S/C15H16FN3O2S/c1-4-22-15-18-7-10(14(17)19-15)13(20)9-6-11(16)8(2)5-12(9)21-3/h5-7H,4H2,1-3H3,(H2,17,18,19). The Kier molecular flexibility index (Phi) is 4.97. The molecule has 1 aromatic heterocycles. The number of methoxy groups -OCH3 is 1. The normalized spacial score (nSPS) is 10.5. The van der Waals surface area contributed by atoms with Crippen LogP contribution in [0.4, 0.5) is 10.2 Å². The van der Waals surface area contributed by atoms with Crippen molar-refractivity contribution in [1.82, 2.24) is 9.97 Å². The number of nitrogen functional groups attached to an aromatic ring is 1. The number of anilines is 1. The molecule has 0 aliphatic carbocycles. The van der Waals surface area contributed by atoms with Gasteiger partial charge in [-0.05, 0) is 30.4 Å². The van der Waals surface area contributed by atoms with Gasteiger partial charge in [0, 0.05) is 6.20 Å². The highest BCUT2D eigenvalue weighted by molar-refractivity contribution is 7.99. The van der Waals surface area contributed by atoms with E-state index in [0.29, 0.717) is 10.7 Å². The van der Waals surface area contributed by atoms with Crippen molar-refractivity contribution < 1.29 is 13.9 Å². The van der Waals surface area contributed by atoms with E-state index in [1.807, 2.05) is 6.92 Å². The third-order valence-corrected chi connectivity index (χ3v) is 3.78. The maximum atomic E-state index is 13.8. The van der Waals surface area contributed by atoms with Crippen molar-refractivity contribution in [2.75, 3.05) is 18.6 Å². The summed E-state index contributed by atoms with van der Waals surface area (Å²) in [5, 5.41) is 0.499. The SMILES string of the molecule is CCSc1ncc(C(=O)c2cc(F)c(C)cc2OC)c(N)n1. The Morgan fingerprint density at radius 3 is 2.73 bits per heavy atom. The second-order valence-corrected chi connectivity index (χ2v) is 5.75. The molecule has 0 atom stereocenters. The van der Waals surface area contributed by atoms with Gasteiger partial charge in [-0.3, -0.25) is 4.79 Å². The molecule has 0 bridgehead atoms. The van der Waals surface area contributed by atoms with Gasteiger partial charge in [0.1, 0.15) is 17.4 Å². The lowest BCUT2D eigenvalue weighted by Crippen LogP contribution is -2.10. The molecule has 2 aromatic rings. The first-order chi connectivity index (χ1) is 10.5. The molecule has 0 spiro atoms. The summed E-state index contributed by atoms with van der Waals surface area (Å²) in [5.41, 5.74) is 6.45. The zero-order valence-electron chi connectivity index (χ0n) is 12.5. The summed E-state index contributed by atoms with van der Waals surface area (Å²) >= 11 is 1.42. The molecule has 0 amide bonds. The summed E-state index contributed by atoms with van der Waals surface area (Å²) in [7, 11) is 1.42. The van der Waals surface area contributed by atoms with Crippen molar-refractivity contribution in [1.29, 1.82) is 0 Å². The van der Waals surface area contributed by atoms with Crippen molar-refractivity contribution in [2.45, 2.75) is 19.0 Å². The molecule has 1 heterocycles. The first-order valence-corrected chi connectivity index (χ1v) is 7.60. The first-order valence-electron chi connectivity index (χ1n) is 6.62. The highest BCUT2D eigenvalue weighted by atomic mass is 32.2. The lowest BCUT2D eigenvalue weighted by atomic mass is 10.0. The number of nitrogens with two attached hydrogens (primary N) is 1. The van der Waals surface area contributed by atoms with Gasteiger partial charge in [-0.2, -0.15) is 0 Å². The monoisotopic (exact) mass is 321 g/mol. The lowest BCUT2D eigenvalue weighted by Gasteiger charge is -2.10. The molecular weight excluding hydrogens is 305 g/mol. The molecule has 0 aliphatic rings. The summed E-state index contributed by atoms with van der Waals surface area (Å²) in [4.78, 5) is 20.7. The number of ether oxygens (including phenoxy) is 1. The van der Waals surface area contributed by atoms with Crippen LogP contribution in [-0.4, -0.2) is 28.6 Å². The third kappa shape index (κ3) is 3.19. The Morgan fingerprint density at radius 1 is 1.41 bits per heavy atom. The predicted molar refractivity (Wildman–Crippen MR) is 84.0 cm³/mol. The Morgan fingerprint density at radius 2 is 2.14 bits per heavy atom. The van der Waals surface area contributed by atoms with Crippen LogP contribution in [0.1, 0.15) is 28.4 Å². The molecule has 7 heteroatoms. The van der Waals surface area contributed by atoms with Crippen LogP contribution in [0, 0.1) is 12.7 Å². The number of aromatic nitrogens is 2. The van der Waals surface area contributed by atoms with E-state index in [2.05, 4.69) is 9.97 Å². The van der Waals surface area contributed by atoms with Crippen molar-refractivity contribution in [3.05, 3.63) is 40.8 Å². The number of nitrogens with zero attached hydrogens (tertiary/aromatic N) is 2. The van der Waals surface area contributed by atoms with Gasteiger partial charge in [0.2, 0.25) is 5.78 Å². The van der Waals surface area contributed by atoms with E-state index in [9.17, 15) is 9.18 Å². The molecular formula is C15H16FN3O2S. The molecule has 0 aliphatic heterocycles. The molecule has 0 saturated carbocycles. The summed E-state index contributed by atoms with van der Waals surface area (Å²) < 4.78 is 18.9. The summed E-state index contributed by atoms with van der Waals surface area (Å²) in [5.74, 6) is 0.196. The molecule has 2 rings (SSSR count). The number of hydrogen-bond donors (Lipinski definition) is 1. The lowest BCUT2D eigenvalue weighted by molar-refractivity contribution is 0.103. The molecule has 0 radical (unpaired) electrons. The van der Waals surface area contributed by atoms with Crippen molar-refractivity contribution in [3.63, 3.8) is 0 Å². The maximum absolute atomic E-state index is 13.8. The van der Waals surface area contributed by atoms with Gasteiger partial charge in [0.05, 0.1) is 18.2 Å². The van der Waals surface area contributed by atoms with E-state index >= 15 is 0 Å². The van der Waals surface area contributed by atoms with E-state index in [-0.39, 0.29) is 22.7 Å². The highest BCUT2D eigenvalue weighted by Crippen LogP contribution is 2.27. The number of halogens is 1. The Bertz CT molecular complexity index is 722. The molecule has 0 fully saturated rings. The largest absolute Gasteiger partial charge is 0.496 e. The average molecular weight is 321 g/mol. The number of rotatable bonds is 5. The first kappa shape index (κ1) is 16.2. The Labute approximate surface area is 132 Å². The van der Waals surface area contributed by atoms with Crippen LogP contribution in [-0.2, 0) is 0 Å². The van der Waals surface area contributed by atoms with Gasteiger partial charge in [-0.15, -0.1) is 0 Å². The van der Waals surface area contributed by atoms with Gasteiger partial charge < -0.3 is 10.5 Å². The number of aryl methyl sites for hydroxylation is 1. The van der Waals surface area contributed by atoms with E-state index in [1.165, 1.54) is 31.1 Å². The summed E-state index contributed by atoms with van der Waals surface area (Å²) in [6, 6.07) is 2.62. The zero-order chi connectivity index (χ0) is 16.3. The van der Waals surface area contributed by atoms with Gasteiger partial charge >= 0.3 is 0 Å². The van der Waals surface area contributed by atoms with E-state index < -0.39 is 11.6 Å². The Hall–Kier alpha value is -2.15. The van der Waals surface area contributed by atoms with Gasteiger partial charge in [0.25, 0.3) is 0 Å². The number of ketones is 1. The minimum Gasteiger partial charge on any atom is -0.496 e. The van der Waals surface area contributed by atoms with Gasteiger partial charge in [0.15, 0.2) is 5.16 Å². The molecule has 2 N–H and O–H groups in total. The van der Waals surface area contributed by atoms with Crippen LogP contribution in [0.2, 0.25) is 0 Å². The quantitative estimate of drug-likeness (QED) is 0.518. The molecule has 116 valence electrons. The number of carbonyl (C=O) groups excluding carboxylic acids is 1. The van der Waals surface area contributed by atoms with E-state index in [1.54, 1.807) is 6.92 Å². The second kappa shape index (κ2) is 6.74. The van der Waals surface area contributed by atoms with Crippen LogP contribution >= 0.6 is 11.8 Å². The topological polar surface area (TPSA) is 78.1 Å². The molecule has 5 nitrogen and oxygen atoms in total. The molecule has 1 aromatic carbocycles. The van der Waals surface area contributed by atoms with Crippen LogP contribution < -0.4 is 10.5 Å². The van der Waals surface area contributed by atoms with Crippen molar-refractivity contribution in [2.24, 2.45) is 0 Å². The summed E-state index contributed by atoms with van der Waals surface area (Å²) in [6.07, 6.45) is 1.36. The number of hydrogen-bond acceptors (Lipinski definition) is 6. The number of benzene rings is 1. The fraction of sp³-hybridized carbons (Fsp3) is 0.267. The third-order valence-electron chi connectivity index (χ3n) is 3.04. The predicted octanol–water partition coefficient (Wildman–Crippen LogP) is 2.86. The molecule has 0 unspecified atom stereocenters. The maximum Gasteiger partial charge on any atom is 0.202 e. The van der Waals surface area contributed by atoms with Crippen LogP contribution in [0.3, 0.4) is 0 Å². The fourth-order valence-corrected chi connectivity index (χ4v) is 2.45. The smallest absolute Gasteiger partial charge is 0.202 e. The van der Waals surface area contributed by atoms with Gasteiger partial charge in [-0.25, -0.2) is 14.4 Å².